The van der Waals surface area contributed by atoms with Crippen molar-refractivity contribution in [2.75, 3.05) is 5.32 Å². The molecule has 0 aliphatic carbocycles. The molecule has 0 amide bonds. The van der Waals surface area contributed by atoms with Crippen LogP contribution in [-0.4, -0.2) is 17.1 Å². The Balaban J connectivity index is 3.03. The van der Waals surface area contributed by atoms with Crippen LogP contribution in [0, 0.1) is 20.8 Å². The molecule has 0 saturated carbocycles. The lowest BCUT2D eigenvalue weighted by Crippen LogP contribution is -2.26. The summed E-state index contributed by atoms with van der Waals surface area (Å²) in [5.74, 6) is -0.838. The molecule has 0 radical (unpaired) electrons. The van der Waals surface area contributed by atoms with Gasteiger partial charge in [0, 0.05) is 5.69 Å². The zero-order chi connectivity index (χ0) is 11.6. The van der Waals surface area contributed by atoms with Crippen molar-refractivity contribution in [2.45, 2.75) is 33.7 Å². The molecule has 0 aliphatic rings. The highest BCUT2D eigenvalue weighted by molar-refractivity contribution is 5.78. The lowest BCUT2D eigenvalue weighted by Gasteiger charge is -2.17. The maximum Gasteiger partial charge on any atom is 0.325 e. The van der Waals surface area contributed by atoms with Gasteiger partial charge in [0.15, 0.2) is 0 Å². The summed E-state index contributed by atoms with van der Waals surface area (Å²) in [6.07, 6.45) is 0. The van der Waals surface area contributed by atoms with Crippen molar-refractivity contribution in [2.24, 2.45) is 0 Å². The van der Waals surface area contributed by atoms with E-state index in [4.69, 9.17) is 5.11 Å². The number of carboxylic acids is 1. The third-order valence-electron chi connectivity index (χ3n) is 2.68. The standard InChI is InChI=1S/C12H17NO2/c1-7-5-6-8(2)11(9(7)3)13-10(4)12(14)15/h5-6,10,13H,1-4H3,(H,14,15). The molecule has 1 aromatic rings. The summed E-state index contributed by atoms with van der Waals surface area (Å²) in [6.45, 7) is 7.64. The molecule has 0 fully saturated rings. The van der Waals surface area contributed by atoms with E-state index in [0.29, 0.717) is 0 Å². The summed E-state index contributed by atoms with van der Waals surface area (Å²) >= 11 is 0. The van der Waals surface area contributed by atoms with Crippen LogP contribution in [0.4, 0.5) is 5.69 Å². The van der Waals surface area contributed by atoms with E-state index in [2.05, 4.69) is 5.32 Å². The second-order valence-corrected chi connectivity index (χ2v) is 3.90. The Labute approximate surface area is 90.1 Å². The predicted octanol–water partition coefficient (Wildman–Crippen LogP) is 2.50. The van der Waals surface area contributed by atoms with E-state index in [1.807, 2.05) is 32.9 Å². The second-order valence-electron chi connectivity index (χ2n) is 3.90. The van der Waals surface area contributed by atoms with E-state index in [0.717, 1.165) is 16.8 Å². The van der Waals surface area contributed by atoms with Crippen LogP contribution in [0.15, 0.2) is 12.1 Å². The van der Waals surface area contributed by atoms with E-state index in [-0.39, 0.29) is 0 Å². The van der Waals surface area contributed by atoms with E-state index in [1.165, 1.54) is 5.56 Å². The van der Waals surface area contributed by atoms with Crippen molar-refractivity contribution in [1.29, 1.82) is 0 Å². The Hall–Kier alpha value is -1.51. The van der Waals surface area contributed by atoms with Gasteiger partial charge in [0.2, 0.25) is 0 Å². The molecule has 82 valence electrons. The smallest absolute Gasteiger partial charge is 0.325 e. The van der Waals surface area contributed by atoms with Gasteiger partial charge in [-0.05, 0) is 44.4 Å². The highest BCUT2D eigenvalue weighted by atomic mass is 16.4. The zero-order valence-corrected chi connectivity index (χ0v) is 9.59. The number of aliphatic carboxylic acids is 1. The Morgan fingerprint density at radius 3 is 2.33 bits per heavy atom. The van der Waals surface area contributed by atoms with Crippen LogP contribution >= 0.6 is 0 Å². The fraction of sp³-hybridized carbons (Fsp3) is 0.417. The van der Waals surface area contributed by atoms with Crippen LogP contribution in [-0.2, 0) is 4.79 Å². The largest absolute Gasteiger partial charge is 0.480 e. The molecular weight excluding hydrogens is 190 g/mol. The molecule has 0 aromatic heterocycles. The highest BCUT2D eigenvalue weighted by Crippen LogP contribution is 2.23. The van der Waals surface area contributed by atoms with Gasteiger partial charge in [0.25, 0.3) is 0 Å². The molecule has 0 saturated heterocycles. The van der Waals surface area contributed by atoms with Crippen LogP contribution < -0.4 is 5.32 Å². The third kappa shape index (κ3) is 2.49. The minimum absolute atomic E-state index is 0.566. The van der Waals surface area contributed by atoms with Gasteiger partial charge in [-0.1, -0.05) is 12.1 Å². The first kappa shape index (κ1) is 11.6. The van der Waals surface area contributed by atoms with Crippen molar-refractivity contribution in [1.82, 2.24) is 0 Å². The molecule has 1 aromatic carbocycles. The fourth-order valence-corrected chi connectivity index (χ4v) is 1.45. The SMILES string of the molecule is Cc1ccc(C)c(NC(C)C(=O)O)c1C. The molecule has 15 heavy (non-hydrogen) atoms. The Bertz CT molecular complexity index is 385. The van der Waals surface area contributed by atoms with Gasteiger partial charge in [0.1, 0.15) is 6.04 Å². The summed E-state index contributed by atoms with van der Waals surface area (Å²) in [7, 11) is 0. The molecule has 1 atom stereocenters. The van der Waals surface area contributed by atoms with Crippen LogP contribution in [0.3, 0.4) is 0 Å². The Morgan fingerprint density at radius 1 is 1.27 bits per heavy atom. The third-order valence-corrected chi connectivity index (χ3v) is 2.68. The normalized spacial score (nSPS) is 12.3. The number of rotatable bonds is 3. The molecule has 1 unspecified atom stereocenters. The molecule has 0 aliphatic heterocycles. The summed E-state index contributed by atoms with van der Waals surface area (Å²) in [4.78, 5) is 10.7. The number of benzene rings is 1. The molecule has 0 heterocycles. The Morgan fingerprint density at radius 2 is 1.80 bits per heavy atom. The number of anilines is 1. The van der Waals surface area contributed by atoms with Crippen molar-refractivity contribution in [3.8, 4) is 0 Å². The lowest BCUT2D eigenvalue weighted by molar-refractivity contribution is -0.137. The predicted molar refractivity (Wildman–Crippen MR) is 61.4 cm³/mol. The molecule has 0 spiro atoms. The molecule has 0 bridgehead atoms. The first-order valence-corrected chi connectivity index (χ1v) is 4.99. The number of carbonyl (C=O) groups is 1. The van der Waals surface area contributed by atoms with Gasteiger partial charge in [-0.25, -0.2) is 0 Å². The Kier molecular flexibility index (Phi) is 3.35. The van der Waals surface area contributed by atoms with Crippen molar-refractivity contribution < 1.29 is 9.90 Å². The number of aryl methyl sites for hydroxylation is 2. The molecule has 3 heteroatoms. The monoisotopic (exact) mass is 207 g/mol. The average Bonchev–Trinajstić information content (AvgIpc) is 2.18. The van der Waals surface area contributed by atoms with E-state index in [9.17, 15) is 4.79 Å². The minimum atomic E-state index is -0.838. The summed E-state index contributed by atoms with van der Waals surface area (Å²) < 4.78 is 0. The summed E-state index contributed by atoms with van der Waals surface area (Å²) in [5, 5.41) is 11.9. The molecular formula is C12H17NO2. The molecule has 2 N–H and O–H groups in total. The summed E-state index contributed by atoms with van der Waals surface area (Å²) in [6, 6.07) is 3.48. The first-order chi connectivity index (χ1) is 6.93. The number of nitrogens with one attached hydrogen (secondary N) is 1. The maximum atomic E-state index is 10.7. The van der Waals surface area contributed by atoms with E-state index >= 15 is 0 Å². The fourth-order valence-electron chi connectivity index (χ4n) is 1.45. The topological polar surface area (TPSA) is 49.3 Å². The van der Waals surface area contributed by atoms with E-state index < -0.39 is 12.0 Å². The van der Waals surface area contributed by atoms with Crippen LogP contribution in [0.2, 0.25) is 0 Å². The van der Waals surface area contributed by atoms with Crippen molar-refractivity contribution in [3.63, 3.8) is 0 Å². The average molecular weight is 207 g/mol. The minimum Gasteiger partial charge on any atom is -0.480 e. The lowest BCUT2D eigenvalue weighted by atomic mass is 10.0. The van der Waals surface area contributed by atoms with Gasteiger partial charge in [0.05, 0.1) is 0 Å². The van der Waals surface area contributed by atoms with Gasteiger partial charge in [-0.15, -0.1) is 0 Å². The van der Waals surface area contributed by atoms with Gasteiger partial charge in [-0.2, -0.15) is 0 Å². The van der Waals surface area contributed by atoms with Crippen LogP contribution in [0.1, 0.15) is 23.6 Å². The molecule has 3 nitrogen and oxygen atoms in total. The highest BCUT2D eigenvalue weighted by Gasteiger charge is 2.13. The van der Waals surface area contributed by atoms with Crippen LogP contribution in [0.5, 0.6) is 0 Å². The van der Waals surface area contributed by atoms with Crippen LogP contribution in [0.25, 0.3) is 0 Å². The van der Waals surface area contributed by atoms with Crippen molar-refractivity contribution >= 4 is 11.7 Å². The van der Waals surface area contributed by atoms with Crippen molar-refractivity contribution in [3.05, 3.63) is 28.8 Å². The summed E-state index contributed by atoms with van der Waals surface area (Å²) in [5.41, 5.74) is 4.29. The van der Waals surface area contributed by atoms with Gasteiger partial charge >= 0.3 is 5.97 Å². The molecule has 1 rings (SSSR count). The number of hydrogen-bond donors (Lipinski definition) is 2. The quantitative estimate of drug-likeness (QED) is 0.800. The second kappa shape index (κ2) is 4.34. The van der Waals surface area contributed by atoms with Gasteiger partial charge in [-0.3, -0.25) is 4.79 Å². The number of carboxylic acid groups (broad SMARTS) is 1. The zero-order valence-electron chi connectivity index (χ0n) is 9.59. The van der Waals surface area contributed by atoms with E-state index in [1.54, 1.807) is 6.92 Å². The first-order valence-electron chi connectivity index (χ1n) is 4.99. The van der Waals surface area contributed by atoms with Gasteiger partial charge < -0.3 is 10.4 Å². The maximum absolute atomic E-state index is 10.7. The number of hydrogen-bond acceptors (Lipinski definition) is 2.